The van der Waals surface area contributed by atoms with Crippen molar-refractivity contribution < 1.29 is 0 Å². The first-order valence-corrected chi connectivity index (χ1v) is 6.51. The van der Waals surface area contributed by atoms with E-state index >= 15 is 0 Å². The Morgan fingerprint density at radius 3 is 2.29 bits per heavy atom. The second-order valence-corrected chi connectivity index (χ2v) is 4.67. The first kappa shape index (κ1) is 12.1. The molecule has 0 aliphatic carbocycles. The van der Waals surface area contributed by atoms with Gasteiger partial charge in [0.25, 0.3) is 0 Å². The molecule has 90 valence electrons. The monoisotopic (exact) mass is 227 g/mol. The average Bonchev–Trinajstić information content (AvgIpc) is 2.39. The van der Waals surface area contributed by atoms with E-state index in [0.717, 1.165) is 12.8 Å². The zero-order valence-electron chi connectivity index (χ0n) is 10.7. The lowest BCUT2D eigenvalue weighted by Gasteiger charge is -2.23. The second-order valence-electron chi connectivity index (χ2n) is 4.67. The van der Waals surface area contributed by atoms with Gasteiger partial charge in [0.05, 0.1) is 0 Å². The molecule has 1 heteroatoms. The van der Waals surface area contributed by atoms with E-state index in [-0.39, 0.29) is 6.04 Å². The van der Waals surface area contributed by atoms with Gasteiger partial charge in [0, 0.05) is 6.04 Å². The van der Waals surface area contributed by atoms with Gasteiger partial charge >= 0.3 is 0 Å². The third kappa shape index (κ3) is 2.34. The molecule has 2 rings (SSSR count). The highest BCUT2D eigenvalue weighted by atomic mass is 14.6. The van der Waals surface area contributed by atoms with Gasteiger partial charge in [0.1, 0.15) is 0 Å². The molecule has 1 atom stereocenters. The maximum atomic E-state index is 6.43. The summed E-state index contributed by atoms with van der Waals surface area (Å²) in [6, 6.07) is 15.1. The Balaban J connectivity index is 2.47. The summed E-state index contributed by atoms with van der Waals surface area (Å²) in [6.07, 6.45) is 2.28. The molecule has 2 N–H and O–H groups in total. The summed E-state index contributed by atoms with van der Waals surface area (Å²) in [5.41, 5.74) is 7.72. The van der Waals surface area contributed by atoms with Gasteiger partial charge < -0.3 is 5.73 Å². The Morgan fingerprint density at radius 2 is 1.59 bits per heavy atom. The lowest BCUT2D eigenvalue weighted by Crippen LogP contribution is -2.20. The molecule has 0 heterocycles. The van der Waals surface area contributed by atoms with Crippen LogP contribution in [0.3, 0.4) is 0 Å². The minimum atomic E-state index is 0.149. The molecule has 0 spiro atoms. The summed E-state index contributed by atoms with van der Waals surface area (Å²) in [4.78, 5) is 0. The van der Waals surface area contributed by atoms with E-state index < -0.39 is 0 Å². The number of rotatable bonds is 4. The maximum absolute atomic E-state index is 6.43. The predicted molar refractivity (Wildman–Crippen MR) is 74.9 cm³/mol. The lowest BCUT2D eigenvalue weighted by atomic mass is 9.87. The maximum Gasteiger partial charge on any atom is 0.0329 e. The molecule has 0 aliphatic rings. The van der Waals surface area contributed by atoms with Gasteiger partial charge in [0.2, 0.25) is 0 Å². The predicted octanol–water partition coefficient (Wildman–Crippen LogP) is 4.28. The second kappa shape index (κ2) is 5.33. The molecule has 2 aromatic carbocycles. The summed E-state index contributed by atoms with van der Waals surface area (Å²) < 4.78 is 0. The van der Waals surface area contributed by atoms with Crippen molar-refractivity contribution >= 4 is 10.8 Å². The van der Waals surface area contributed by atoms with Crippen molar-refractivity contribution in [3.8, 4) is 0 Å². The van der Waals surface area contributed by atoms with Crippen molar-refractivity contribution in [2.75, 3.05) is 0 Å². The topological polar surface area (TPSA) is 26.0 Å². The molecule has 0 aliphatic heterocycles. The SMILES string of the molecule is CCC(CC)C(N)c1cccc2ccccc12. The van der Waals surface area contributed by atoms with Crippen LogP contribution in [-0.4, -0.2) is 0 Å². The zero-order valence-corrected chi connectivity index (χ0v) is 10.7. The summed E-state index contributed by atoms with van der Waals surface area (Å²) in [6.45, 7) is 4.44. The number of nitrogens with two attached hydrogens (primary N) is 1. The molecule has 0 fully saturated rings. The van der Waals surface area contributed by atoms with Crippen LogP contribution in [0.5, 0.6) is 0 Å². The van der Waals surface area contributed by atoms with E-state index in [1.54, 1.807) is 0 Å². The number of benzene rings is 2. The molecular weight excluding hydrogens is 206 g/mol. The van der Waals surface area contributed by atoms with Crippen LogP contribution in [0.2, 0.25) is 0 Å². The molecule has 2 aromatic rings. The first-order chi connectivity index (χ1) is 8.27. The Bertz CT molecular complexity index is 480. The van der Waals surface area contributed by atoms with Crippen LogP contribution in [0.15, 0.2) is 42.5 Å². The van der Waals surface area contributed by atoms with Gasteiger partial charge in [-0.25, -0.2) is 0 Å². The molecule has 0 bridgehead atoms. The summed E-state index contributed by atoms with van der Waals surface area (Å²) in [7, 11) is 0. The molecule has 0 amide bonds. The number of hydrogen-bond acceptors (Lipinski definition) is 1. The molecule has 0 saturated heterocycles. The fourth-order valence-electron chi connectivity index (χ4n) is 2.59. The van der Waals surface area contributed by atoms with Crippen LogP contribution < -0.4 is 5.73 Å². The lowest BCUT2D eigenvalue weighted by molar-refractivity contribution is 0.407. The van der Waals surface area contributed by atoms with Crippen LogP contribution in [0.25, 0.3) is 10.8 Å². The van der Waals surface area contributed by atoms with Crippen molar-refractivity contribution in [1.82, 2.24) is 0 Å². The van der Waals surface area contributed by atoms with E-state index in [1.807, 2.05) is 0 Å². The minimum absolute atomic E-state index is 0.149. The number of fused-ring (bicyclic) bond motifs is 1. The summed E-state index contributed by atoms with van der Waals surface area (Å²) in [5.74, 6) is 0.570. The first-order valence-electron chi connectivity index (χ1n) is 6.51. The van der Waals surface area contributed by atoms with E-state index in [1.165, 1.54) is 16.3 Å². The quantitative estimate of drug-likeness (QED) is 0.829. The third-order valence-electron chi connectivity index (χ3n) is 3.74. The van der Waals surface area contributed by atoms with E-state index in [9.17, 15) is 0 Å². The molecular formula is C16H21N. The van der Waals surface area contributed by atoms with Gasteiger partial charge in [-0.05, 0) is 22.3 Å². The molecule has 0 saturated carbocycles. The summed E-state index contributed by atoms with van der Waals surface area (Å²) in [5, 5.41) is 2.58. The molecule has 1 unspecified atom stereocenters. The normalized spacial score (nSPS) is 13.2. The van der Waals surface area contributed by atoms with Gasteiger partial charge in [0.15, 0.2) is 0 Å². The summed E-state index contributed by atoms with van der Waals surface area (Å²) >= 11 is 0. The Labute approximate surface area is 104 Å². The Kier molecular flexibility index (Phi) is 3.80. The average molecular weight is 227 g/mol. The van der Waals surface area contributed by atoms with Crippen molar-refractivity contribution in [1.29, 1.82) is 0 Å². The smallest absolute Gasteiger partial charge is 0.0329 e. The largest absolute Gasteiger partial charge is 0.324 e. The van der Waals surface area contributed by atoms with Gasteiger partial charge in [-0.2, -0.15) is 0 Å². The highest BCUT2D eigenvalue weighted by Crippen LogP contribution is 2.30. The van der Waals surface area contributed by atoms with E-state index in [2.05, 4.69) is 56.3 Å². The fraction of sp³-hybridized carbons (Fsp3) is 0.375. The van der Waals surface area contributed by atoms with E-state index in [0.29, 0.717) is 5.92 Å². The molecule has 1 nitrogen and oxygen atoms in total. The molecule has 0 radical (unpaired) electrons. The number of hydrogen-bond donors (Lipinski definition) is 1. The standard InChI is InChI=1S/C16H21N/c1-3-12(4-2)16(17)15-11-7-9-13-8-5-6-10-14(13)15/h5-12,16H,3-4,17H2,1-2H3. The third-order valence-corrected chi connectivity index (χ3v) is 3.74. The van der Waals surface area contributed by atoms with Gasteiger partial charge in [-0.3, -0.25) is 0 Å². The van der Waals surface area contributed by atoms with Crippen molar-refractivity contribution in [3.63, 3.8) is 0 Å². The van der Waals surface area contributed by atoms with Crippen LogP contribution in [-0.2, 0) is 0 Å². The van der Waals surface area contributed by atoms with Crippen LogP contribution >= 0.6 is 0 Å². The Morgan fingerprint density at radius 1 is 0.941 bits per heavy atom. The zero-order chi connectivity index (χ0) is 12.3. The fourth-order valence-corrected chi connectivity index (χ4v) is 2.59. The minimum Gasteiger partial charge on any atom is -0.324 e. The van der Waals surface area contributed by atoms with Crippen molar-refractivity contribution in [2.24, 2.45) is 11.7 Å². The van der Waals surface area contributed by atoms with Gasteiger partial charge in [-0.15, -0.1) is 0 Å². The highest BCUT2D eigenvalue weighted by Gasteiger charge is 2.17. The van der Waals surface area contributed by atoms with Crippen LogP contribution in [0.4, 0.5) is 0 Å². The van der Waals surface area contributed by atoms with Crippen molar-refractivity contribution in [2.45, 2.75) is 32.7 Å². The highest BCUT2D eigenvalue weighted by molar-refractivity contribution is 5.86. The van der Waals surface area contributed by atoms with Crippen molar-refractivity contribution in [3.05, 3.63) is 48.0 Å². The molecule has 17 heavy (non-hydrogen) atoms. The van der Waals surface area contributed by atoms with E-state index in [4.69, 9.17) is 5.73 Å². The van der Waals surface area contributed by atoms with Crippen LogP contribution in [0, 0.1) is 5.92 Å². The van der Waals surface area contributed by atoms with Gasteiger partial charge in [-0.1, -0.05) is 69.2 Å². The molecule has 0 aromatic heterocycles. The Hall–Kier alpha value is -1.34. The van der Waals surface area contributed by atoms with Crippen LogP contribution in [0.1, 0.15) is 38.3 Å².